The van der Waals surface area contributed by atoms with E-state index >= 15 is 0 Å². The fraction of sp³-hybridized carbons (Fsp3) is 0.545. The standard InChI is InChI=1S/C11H15BrFN3/c1-14-8-3-2-4-16(7-8)9-5-10(13)11(12)15-6-9/h5-6,8,14H,2-4,7H2,1H3/t8-/m0/s1. The van der Waals surface area contributed by atoms with Gasteiger partial charge in [0.1, 0.15) is 4.60 Å². The van der Waals surface area contributed by atoms with Crippen molar-refractivity contribution >= 4 is 21.6 Å². The van der Waals surface area contributed by atoms with E-state index in [1.807, 2.05) is 7.05 Å². The van der Waals surface area contributed by atoms with Crippen LogP contribution in [-0.2, 0) is 0 Å². The molecule has 88 valence electrons. The van der Waals surface area contributed by atoms with Gasteiger partial charge < -0.3 is 10.2 Å². The van der Waals surface area contributed by atoms with Crippen molar-refractivity contribution < 1.29 is 4.39 Å². The molecule has 1 N–H and O–H groups in total. The third-order valence-electron chi connectivity index (χ3n) is 2.98. The van der Waals surface area contributed by atoms with Crippen molar-refractivity contribution in [2.75, 3.05) is 25.0 Å². The van der Waals surface area contributed by atoms with Gasteiger partial charge in [0.05, 0.1) is 11.9 Å². The number of piperidine rings is 1. The van der Waals surface area contributed by atoms with E-state index in [-0.39, 0.29) is 10.4 Å². The molecule has 1 saturated heterocycles. The number of aromatic nitrogens is 1. The Balaban J connectivity index is 2.13. The van der Waals surface area contributed by atoms with Crippen molar-refractivity contribution in [3.05, 3.63) is 22.7 Å². The Bertz CT molecular complexity index is 372. The van der Waals surface area contributed by atoms with E-state index in [1.54, 1.807) is 6.20 Å². The molecule has 1 aromatic rings. The first-order valence-corrected chi connectivity index (χ1v) is 6.23. The summed E-state index contributed by atoms with van der Waals surface area (Å²) in [5, 5.41) is 3.26. The molecule has 0 saturated carbocycles. The van der Waals surface area contributed by atoms with Crippen LogP contribution in [0, 0.1) is 5.82 Å². The van der Waals surface area contributed by atoms with Crippen LogP contribution >= 0.6 is 15.9 Å². The van der Waals surface area contributed by atoms with Gasteiger partial charge in [-0.1, -0.05) is 0 Å². The van der Waals surface area contributed by atoms with E-state index in [0.717, 1.165) is 25.2 Å². The van der Waals surface area contributed by atoms with Gasteiger partial charge in [-0.15, -0.1) is 0 Å². The monoisotopic (exact) mass is 287 g/mol. The van der Waals surface area contributed by atoms with Crippen LogP contribution in [0.15, 0.2) is 16.9 Å². The molecule has 1 aromatic heterocycles. The minimum absolute atomic E-state index is 0.276. The van der Waals surface area contributed by atoms with Crippen molar-refractivity contribution in [2.24, 2.45) is 0 Å². The van der Waals surface area contributed by atoms with E-state index in [4.69, 9.17) is 0 Å². The van der Waals surface area contributed by atoms with Crippen molar-refractivity contribution in [2.45, 2.75) is 18.9 Å². The van der Waals surface area contributed by atoms with Crippen LogP contribution in [0.2, 0.25) is 0 Å². The first-order chi connectivity index (χ1) is 7.70. The summed E-state index contributed by atoms with van der Waals surface area (Å²) in [6.45, 7) is 1.89. The first kappa shape index (κ1) is 11.8. The van der Waals surface area contributed by atoms with Gasteiger partial charge in [0.25, 0.3) is 0 Å². The third-order valence-corrected chi connectivity index (χ3v) is 3.56. The molecular weight excluding hydrogens is 273 g/mol. The molecule has 0 radical (unpaired) electrons. The molecule has 0 unspecified atom stereocenters. The maximum atomic E-state index is 13.4. The van der Waals surface area contributed by atoms with Crippen molar-refractivity contribution in [3.63, 3.8) is 0 Å². The second kappa shape index (κ2) is 5.10. The lowest BCUT2D eigenvalue weighted by Gasteiger charge is -2.34. The zero-order chi connectivity index (χ0) is 11.5. The Morgan fingerprint density at radius 2 is 2.44 bits per heavy atom. The second-order valence-corrected chi connectivity index (χ2v) is 4.79. The predicted molar refractivity (Wildman–Crippen MR) is 66.2 cm³/mol. The molecule has 0 aromatic carbocycles. The van der Waals surface area contributed by atoms with Crippen LogP contribution < -0.4 is 10.2 Å². The van der Waals surface area contributed by atoms with Gasteiger partial charge in [-0.25, -0.2) is 9.37 Å². The van der Waals surface area contributed by atoms with Gasteiger partial charge in [-0.2, -0.15) is 0 Å². The maximum absolute atomic E-state index is 13.4. The number of hydrogen-bond acceptors (Lipinski definition) is 3. The minimum atomic E-state index is -0.302. The predicted octanol–water partition coefficient (Wildman–Crippen LogP) is 2.17. The Labute approximate surface area is 103 Å². The normalized spacial score (nSPS) is 21.2. The summed E-state index contributed by atoms with van der Waals surface area (Å²) in [7, 11) is 1.97. The molecule has 5 heteroatoms. The Hall–Kier alpha value is -0.680. The number of anilines is 1. The van der Waals surface area contributed by atoms with Gasteiger partial charge in [-0.3, -0.25) is 0 Å². The molecule has 2 rings (SSSR count). The minimum Gasteiger partial charge on any atom is -0.369 e. The molecule has 1 atom stereocenters. The lowest BCUT2D eigenvalue weighted by molar-refractivity contribution is 0.449. The molecule has 1 aliphatic rings. The lowest BCUT2D eigenvalue weighted by atomic mass is 10.1. The summed E-state index contributed by atoms with van der Waals surface area (Å²) in [4.78, 5) is 6.16. The van der Waals surface area contributed by atoms with Crippen LogP contribution in [0.25, 0.3) is 0 Å². The lowest BCUT2D eigenvalue weighted by Crippen LogP contribution is -2.44. The average molecular weight is 288 g/mol. The molecule has 1 aliphatic heterocycles. The van der Waals surface area contributed by atoms with Crippen molar-refractivity contribution in [1.29, 1.82) is 0 Å². The summed E-state index contributed by atoms with van der Waals surface area (Å²) in [5.41, 5.74) is 0.862. The molecule has 0 amide bonds. The van der Waals surface area contributed by atoms with Gasteiger partial charge >= 0.3 is 0 Å². The van der Waals surface area contributed by atoms with E-state index in [0.29, 0.717) is 6.04 Å². The zero-order valence-corrected chi connectivity index (χ0v) is 10.8. The summed E-state index contributed by atoms with van der Waals surface area (Å²) in [6, 6.07) is 2.02. The Morgan fingerprint density at radius 1 is 1.62 bits per heavy atom. The Morgan fingerprint density at radius 3 is 3.12 bits per heavy atom. The first-order valence-electron chi connectivity index (χ1n) is 5.44. The topological polar surface area (TPSA) is 28.2 Å². The van der Waals surface area contributed by atoms with E-state index in [9.17, 15) is 4.39 Å². The molecule has 2 heterocycles. The second-order valence-electron chi connectivity index (χ2n) is 4.04. The van der Waals surface area contributed by atoms with Crippen LogP contribution in [0.1, 0.15) is 12.8 Å². The van der Waals surface area contributed by atoms with Crippen LogP contribution in [-0.4, -0.2) is 31.2 Å². The highest BCUT2D eigenvalue weighted by molar-refractivity contribution is 9.10. The number of nitrogens with zero attached hydrogens (tertiary/aromatic N) is 2. The molecular formula is C11H15BrFN3. The van der Waals surface area contributed by atoms with E-state index < -0.39 is 0 Å². The highest BCUT2D eigenvalue weighted by Gasteiger charge is 2.19. The fourth-order valence-corrected chi connectivity index (χ4v) is 2.25. The SMILES string of the molecule is CN[C@H]1CCCN(c2cnc(Br)c(F)c2)C1. The number of pyridine rings is 1. The third kappa shape index (κ3) is 2.52. The smallest absolute Gasteiger partial charge is 0.158 e. The van der Waals surface area contributed by atoms with Gasteiger partial charge in [0, 0.05) is 25.2 Å². The quantitative estimate of drug-likeness (QED) is 0.845. The molecule has 0 bridgehead atoms. The summed E-state index contributed by atoms with van der Waals surface area (Å²) in [5.74, 6) is -0.302. The van der Waals surface area contributed by atoms with Crippen LogP contribution in [0.4, 0.5) is 10.1 Å². The molecule has 0 spiro atoms. The average Bonchev–Trinajstić information content (AvgIpc) is 2.33. The van der Waals surface area contributed by atoms with Crippen molar-refractivity contribution in [1.82, 2.24) is 10.3 Å². The zero-order valence-electron chi connectivity index (χ0n) is 9.21. The van der Waals surface area contributed by atoms with Crippen LogP contribution in [0.3, 0.4) is 0 Å². The van der Waals surface area contributed by atoms with Gasteiger partial charge in [0.15, 0.2) is 5.82 Å². The largest absolute Gasteiger partial charge is 0.369 e. The molecule has 16 heavy (non-hydrogen) atoms. The fourth-order valence-electron chi connectivity index (χ4n) is 2.03. The van der Waals surface area contributed by atoms with Gasteiger partial charge in [-0.05, 0) is 35.8 Å². The highest BCUT2D eigenvalue weighted by Crippen LogP contribution is 2.22. The number of nitrogens with one attached hydrogen (secondary N) is 1. The Kier molecular flexibility index (Phi) is 3.76. The molecule has 1 fully saturated rings. The number of likely N-dealkylation sites (N-methyl/N-ethyl adjacent to an activating group) is 1. The summed E-state index contributed by atoms with van der Waals surface area (Å²) >= 11 is 3.06. The van der Waals surface area contributed by atoms with E-state index in [2.05, 4.69) is 31.1 Å². The highest BCUT2D eigenvalue weighted by atomic mass is 79.9. The molecule has 0 aliphatic carbocycles. The van der Waals surface area contributed by atoms with Gasteiger partial charge in [0.2, 0.25) is 0 Å². The molecule has 3 nitrogen and oxygen atoms in total. The number of rotatable bonds is 2. The van der Waals surface area contributed by atoms with Crippen LogP contribution in [0.5, 0.6) is 0 Å². The van der Waals surface area contributed by atoms with E-state index in [1.165, 1.54) is 12.5 Å². The maximum Gasteiger partial charge on any atom is 0.158 e. The number of halogens is 2. The summed E-state index contributed by atoms with van der Waals surface area (Å²) < 4.78 is 13.6. The number of hydrogen-bond donors (Lipinski definition) is 1. The summed E-state index contributed by atoms with van der Waals surface area (Å²) in [6.07, 6.45) is 4.02. The van der Waals surface area contributed by atoms with Crippen molar-refractivity contribution in [3.8, 4) is 0 Å².